The minimum atomic E-state index is 0.00153. The third kappa shape index (κ3) is 4.44. The number of thiophene rings is 1. The summed E-state index contributed by atoms with van der Waals surface area (Å²) in [7, 11) is 0. The molecule has 1 amide bonds. The highest BCUT2D eigenvalue weighted by atomic mass is 32.1. The summed E-state index contributed by atoms with van der Waals surface area (Å²) < 4.78 is 0. The Hall–Kier alpha value is -0.870. The Labute approximate surface area is 94.1 Å². The molecule has 0 spiro atoms. The molecule has 0 radical (unpaired) electrons. The summed E-state index contributed by atoms with van der Waals surface area (Å²) in [6, 6.07) is 3.68. The molecule has 1 aromatic rings. The largest absolute Gasteiger partial charge is 0.396 e. The quantitative estimate of drug-likeness (QED) is 0.729. The van der Waals surface area contributed by atoms with E-state index >= 15 is 0 Å². The first-order valence-electron chi connectivity index (χ1n) is 5.16. The predicted molar refractivity (Wildman–Crippen MR) is 62.1 cm³/mol. The van der Waals surface area contributed by atoms with Crippen molar-refractivity contribution in [3.05, 3.63) is 22.4 Å². The lowest BCUT2D eigenvalue weighted by Crippen LogP contribution is -2.24. The molecule has 1 aromatic heterocycles. The summed E-state index contributed by atoms with van der Waals surface area (Å²) in [4.78, 5) is 12.2. The van der Waals surface area contributed by atoms with Gasteiger partial charge in [-0.2, -0.15) is 0 Å². The molecule has 4 heteroatoms. The van der Waals surface area contributed by atoms with E-state index in [1.54, 1.807) is 0 Å². The molecule has 3 nitrogen and oxygen atoms in total. The molecule has 2 N–H and O–H groups in total. The number of hydrogen-bond donors (Lipinski definition) is 2. The van der Waals surface area contributed by atoms with E-state index in [4.69, 9.17) is 5.11 Å². The van der Waals surface area contributed by atoms with Gasteiger partial charge in [0, 0.05) is 13.2 Å². The molecule has 84 valence electrons. The highest BCUT2D eigenvalue weighted by molar-refractivity contribution is 7.12. The summed E-state index contributed by atoms with van der Waals surface area (Å²) in [5, 5.41) is 13.6. The molecule has 0 aromatic carbocycles. The molecule has 0 saturated carbocycles. The number of rotatable bonds is 6. The zero-order valence-corrected chi connectivity index (χ0v) is 9.72. The summed E-state index contributed by atoms with van der Waals surface area (Å²) in [6.45, 7) is 2.90. The Morgan fingerprint density at radius 3 is 3.07 bits per heavy atom. The maximum atomic E-state index is 11.5. The summed E-state index contributed by atoms with van der Waals surface area (Å²) >= 11 is 1.45. The van der Waals surface area contributed by atoms with Crippen LogP contribution in [0.5, 0.6) is 0 Å². The Morgan fingerprint density at radius 1 is 1.67 bits per heavy atom. The molecule has 0 saturated heterocycles. The minimum Gasteiger partial charge on any atom is -0.396 e. The van der Waals surface area contributed by atoms with Gasteiger partial charge in [0.1, 0.15) is 0 Å². The van der Waals surface area contributed by atoms with Crippen molar-refractivity contribution >= 4 is 17.2 Å². The lowest BCUT2D eigenvalue weighted by Gasteiger charge is -2.07. The van der Waals surface area contributed by atoms with E-state index in [0.29, 0.717) is 12.5 Å². The van der Waals surface area contributed by atoms with Crippen molar-refractivity contribution in [3.63, 3.8) is 0 Å². The van der Waals surface area contributed by atoms with Crippen molar-refractivity contribution in [2.75, 3.05) is 13.2 Å². The molecule has 1 rings (SSSR count). The molecule has 0 bridgehead atoms. The Kier molecular flexibility index (Phi) is 5.36. The molecular weight excluding hydrogens is 210 g/mol. The fraction of sp³-hybridized carbons (Fsp3) is 0.545. The monoisotopic (exact) mass is 227 g/mol. The standard InChI is InChI=1S/C11H17NO2S/c1-9(8-13)4-2-6-12-11(14)10-5-3-7-15-10/h3,5,7,9,13H,2,4,6,8H2,1H3,(H,12,14). The second kappa shape index (κ2) is 6.58. The molecule has 0 aliphatic rings. The first-order chi connectivity index (χ1) is 7.24. The fourth-order valence-electron chi connectivity index (χ4n) is 1.24. The average molecular weight is 227 g/mol. The minimum absolute atomic E-state index is 0.00153. The van der Waals surface area contributed by atoms with Crippen LogP contribution in [0.1, 0.15) is 29.4 Å². The van der Waals surface area contributed by atoms with Crippen molar-refractivity contribution in [2.24, 2.45) is 5.92 Å². The molecular formula is C11H17NO2S. The maximum Gasteiger partial charge on any atom is 0.261 e. The van der Waals surface area contributed by atoms with Gasteiger partial charge in [-0.3, -0.25) is 4.79 Å². The number of amides is 1. The number of hydrogen-bond acceptors (Lipinski definition) is 3. The van der Waals surface area contributed by atoms with Crippen LogP contribution < -0.4 is 5.32 Å². The molecule has 0 aliphatic heterocycles. The van der Waals surface area contributed by atoms with Gasteiger partial charge in [0.15, 0.2) is 0 Å². The van der Waals surface area contributed by atoms with Crippen molar-refractivity contribution in [2.45, 2.75) is 19.8 Å². The highest BCUT2D eigenvalue weighted by Crippen LogP contribution is 2.08. The fourth-order valence-corrected chi connectivity index (χ4v) is 1.88. The van der Waals surface area contributed by atoms with Crippen molar-refractivity contribution in [1.82, 2.24) is 5.32 Å². The number of carbonyl (C=O) groups excluding carboxylic acids is 1. The second-order valence-electron chi connectivity index (χ2n) is 3.66. The average Bonchev–Trinajstić information content (AvgIpc) is 2.77. The van der Waals surface area contributed by atoms with Gasteiger partial charge in [0.25, 0.3) is 5.91 Å². The third-order valence-corrected chi connectivity index (χ3v) is 3.08. The van der Waals surface area contributed by atoms with E-state index in [-0.39, 0.29) is 12.5 Å². The van der Waals surface area contributed by atoms with E-state index < -0.39 is 0 Å². The van der Waals surface area contributed by atoms with E-state index in [9.17, 15) is 4.79 Å². The molecule has 0 fully saturated rings. The van der Waals surface area contributed by atoms with Gasteiger partial charge in [0.2, 0.25) is 0 Å². The predicted octanol–water partition coefficient (Wildman–Crippen LogP) is 1.89. The number of nitrogens with one attached hydrogen (secondary N) is 1. The van der Waals surface area contributed by atoms with Gasteiger partial charge >= 0.3 is 0 Å². The van der Waals surface area contributed by atoms with Gasteiger partial charge in [-0.25, -0.2) is 0 Å². The van der Waals surface area contributed by atoms with Crippen LogP contribution in [0.2, 0.25) is 0 Å². The van der Waals surface area contributed by atoms with E-state index in [1.807, 2.05) is 24.4 Å². The van der Waals surface area contributed by atoms with Gasteiger partial charge in [-0.05, 0) is 30.2 Å². The lowest BCUT2D eigenvalue weighted by atomic mass is 10.1. The van der Waals surface area contributed by atoms with Gasteiger partial charge in [-0.15, -0.1) is 11.3 Å². The van der Waals surface area contributed by atoms with Crippen LogP contribution in [-0.4, -0.2) is 24.2 Å². The molecule has 15 heavy (non-hydrogen) atoms. The topological polar surface area (TPSA) is 49.3 Å². The van der Waals surface area contributed by atoms with Crippen molar-refractivity contribution in [1.29, 1.82) is 0 Å². The third-order valence-electron chi connectivity index (χ3n) is 2.22. The van der Waals surface area contributed by atoms with Crippen LogP contribution in [0.25, 0.3) is 0 Å². The van der Waals surface area contributed by atoms with Crippen LogP contribution in [0.3, 0.4) is 0 Å². The SMILES string of the molecule is CC(CO)CCCNC(=O)c1cccs1. The van der Waals surface area contributed by atoms with Crippen LogP contribution in [-0.2, 0) is 0 Å². The highest BCUT2D eigenvalue weighted by Gasteiger charge is 2.05. The van der Waals surface area contributed by atoms with E-state index in [1.165, 1.54) is 11.3 Å². The van der Waals surface area contributed by atoms with Gasteiger partial charge in [-0.1, -0.05) is 13.0 Å². The Balaban J connectivity index is 2.13. The zero-order valence-electron chi connectivity index (χ0n) is 8.90. The van der Waals surface area contributed by atoms with Crippen LogP contribution in [0.15, 0.2) is 17.5 Å². The summed E-state index contributed by atoms with van der Waals surface area (Å²) in [6.07, 6.45) is 1.86. The van der Waals surface area contributed by atoms with Crippen LogP contribution in [0, 0.1) is 5.92 Å². The first kappa shape index (κ1) is 12.2. The molecule has 0 aliphatic carbocycles. The Bertz CT molecular complexity index is 285. The Morgan fingerprint density at radius 2 is 2.47 bits per heavy atom. The smallest absolute Gasteiger partial charge is 0.261 e. The second-order valence-corrected chi connectivity index (χ2v) is 4.61. The normalized spacial score (nSPS) is 12.4. The lowest BCUT2D eigenvalue weighted by molar-refractivity contribution is 0.0956. The van der Waals surface area contributed by atoms with E-state index in [2.05, 4.69) is 5.32 Å². The molecule has 1 unspecified atom stereocenters. The number of carbonyl (C=O) groups is 1. The first-order valence-corrected chi connectivity index (χ1v) is 6.04. The van der Waals surface area contributed by atoms with Crippen LogP contribution >= 0.6 is 11.3 Å². The van der Waals surface area contributed by atoms with Gasteiger partial charge in [0.05, 0.1) is 4.88 Å². The zero-order chi connectivity index (χ0) is 11.1. The maximum absolute atomic E-state index is 11.5. The van der Waals surface area contributed by atoms with Crippen molar-refractivity contribution in [3.8, 4) is 0 Å². The number of aliphatic hydroxyl groups is 1. The summed E-state index contributed by atoms with van der Waals surface area (Å²) in [5.41, 5.74) is 0. The van der Waals surface area contributed by atoms with E-state index in [0.717, 1.165) is 17.7 Å². The molecule has 1 atom stereocenters. The van der Waals surface area contributed by atoms with Crippen molar-refractivity contribution < 1.29 is 9.90 Å². The number of aliphatic hydroxyl groups excluding tert-OH is 1. The molecule has 1 heterocycles. The van der Waals surface area contributed by atoms with Gasteiger partial charge < -0.3 is 10.4 Å². The summed E-state index contributed by atoms with van der Waals surface area (Å²) in [5.74, 6) is 0.324. The van der Waals surface area contributed by atoms with Crippen LogP contribution in [0.4, 0.5) is 0 Å².